The van der Waals surface area contributed by atoms with Gasteiger partial charge in [0, 0.05) is 57.4 Å². The summed E-state index contributed by atoms with van der Waals surface area (Å²) < 4.78 is 7.32. The lowest BCUT2D eigenvalue weighted by atomic mass is 9.75. The van der Waals surface area contributed by atoms with Crippen molar-refractivity contribution in [3.05, 3.63) is 18.0 Å². The van der Waals surface area contributed by atoms with Gasteiger partial charge in [0.15, 0.2) is 0 Å². The van der Waals surface area contributed by atoms with Gasteiger partial charge in [-0.05, 0) is 30.7 Å². The fourth-order valence-electron chi connectivity index (χ4n) is 4.55. The van der Waals surface area contributed by atoms with E-state index in [1.807, 2.05) is 17.9 Å². The van der Waals surface area contributed by atoms with E-state index in [2.05, 4.69) is 21.5 Å². The third kappa shape index (κ3) is 2.90. The first kappa shape index (κ1) is 15.1. The van der Waals surface area contributed by atoms with E-state index in [4.69, 9.17) is 4.74 Å². The number of hydrogen-bond acceptors (Lipinski definition) is 4. The minimum absolute atomic E-state index is 0.0667. The number of aryl methyl sites for hydroxylation is 1. The summed E-state index contributed by atoms with van der Waals surface area (Å²) in [5.41, 5.74) is 1.13. The molecule has 6 nitrogen and oxygen atoms in total. The van der Waals surface area contributed by atoms with Gasteiger partial charge in [-0.2, -0.15) is 5.10 Å². The van der Waals surface area contributed by atoms with Gasteiger partial charge in [-0.25, -0.2) is 0 Å². The first-order valence-electron chi connectivity index (χ1n) is 8.74. The van der Waals surface area contributed by atoms with Gasteiger partial charge in [0.25, 0.3) is 0 Å². The Hall–Kier alpha value is -1.40. The molecule has 4 rings (SSSR count). The molecule has 0 unspecified atom stereocenters. The summed E-state index contributed by atoms with van der Waals surface area (Å²) in [7, 11) is 1.94. The van der Waals surface area contributed by atoms with Crippen LogP contribution in [0, 0.1) is 5.92 Å². The number of carbonyl (C=O) groups is 1. The molecule has 1 aromatic heterocycles. The quantitative estimate of drug-likeness (QED) is 0.899. The van der Waals surface area contributed by atoms with Gasteiger partial charge in [-0.1, -0.05) is 0 Å². The van der Waals surface area contributed by atoms with Crippen molar-refractivity contribution in [2.24, 2.45) is 13.0 Å². The van der Waals surface area contributed by atoms with Crippen LogP contribution < -0.4 is 5.32 Å². The molecule has 1 spiro atoms. The van der Waals surface area contributed by atoms with Gasteiger partial charge >= 0.3 is 0 Å². The van der Waals surface area contributed by atoms with E-state index in [0.29, 0.717) is 12.3 Å². The van der Waals surface area contributed by atoms with Crippen molar-refractivity contribution in [1.29, 1.82) is 0 Å². The highest BCUT2D eigenvalue weighted by Crippen LogP contribution is 2.43. The first-order chi connectivity index (χ1) is 11.1. The van der Waals surface area contributed by atoms with Crippen molar-refractivity contribution in [3.8, 4) is 0 Å². The van der Waals surface area contributed by atoms with Crippen molar-refractivity contribution in [2.45, 2.75) is 37.1 Å². The Labute approximate surface area is 137 Å². The lowest BCUT2D eigenvalue weighted by Gasteiger charge is -2.43. The summed E-state index contributed by atoms with van der Waals surface area (Å²) in [6, 6.07) is 0. The van der Waals surface area contributed by atoms with Gasteiger partial charge in [0.2, 0.25) is 5.91 Å². The number of carbonyl (C=O) groups excluding carboxylic acids is 1. The average Bonchev–Trinajstić information content (AvgIpc) is 3.24. The Morgan fingerprint density at radius 1 is 1.43 bits per heavy atom. The van der Waals surface area contributed by atoms with Gasteiger partial charge in [0.1, 0.15) is 0 Å². The molecule has 0 aromatic carbocycles. The predicted octanol–water partition coefficient (Wildman–Crippen LogP) is 0.895. The summed E-state index contributed by atoms with van der Waals surface area (Å²) in [5, 5.41) is 7.61. The van der Waals surface area contributed by atoms with Crippen molar-refractivity contribution in [1.82, 2.24) is 20.0 Å². The number of amides is 1. The standard InChI is InChI=1S/C17H26N4O2/c1-20-11-14(9-18-20)15-8-16(22)19-17(15)3-5-21(6-4-17)10-13-2-7-23-12-13/h9,11,13,15H,2-8,10,12H2,1H3,(H,19,22)/t13-,15-/m1/s1. The second-order valence-corrected chi connectivity index (χ2v) is 7.44. The van der Waals surface area contributed by atoms with Gasteiger partial charge in [-0.3, -0.25) is 9.48 Å². The second kappa shape index (κ2) is 5.91. The number of rotatable bonds is 3. The SMILES string of the molecule is Cn1cc([C@H]2CC(=O)NC23CCN(C[C@H]2CCOC2)CC3)cn1. The van der Waals surface area contributed by atoms with E-state index in [0.717, 1.165) is 45.7 Å². The topological polar surface area (TPSA) is 59.4 Å². The van der Waals surface area contributed by atoms with Crippen molar-refractivity contribution in [3.63, 3.8) is 0 Å². The van der Waals surface area contributed by atoms with Crippen LogP contribution in [0.25, 0.3) is 0 Å². The van der Waals surface area contributed by atoms with Crippen LogP contribution in [0.1, 0.15) is 37.2 Å². The Balaban J connectivity index is 1.44. The van der Waals surface area contributed by atoms with Gasteiger partial charge in [0.05, 0.1) is 12.8 Å². The van der Waals surface area contributed by atoms with E-state index in [1.54, 1.807) is 0 Å². The fraction of sp³-hybridized carbons (Fsp3) is 0.765. The molecule has 0 radical (unpaired) electrons. The maximum atomic E-state index is 12.1. The van der Waals surface area contributed by atoms with E-state index in [1.165, 1.54) is 12.0 Å². The molecule has 126 valence electrons. The third-order valence-corrected chi connectivity index (χ3v) is 5.86. The smallest absolute Gasteiger partial charge is 0.221 e. The molecule has 0 bridgehead atoms. The summed E-state index contributed by atoms with van der Waals surface area (Å²) in [5.74, 6) is 1.15. The van der Waals surface area contributed by atoms with Crippen molar-refractivity contribution in [2.75, 3.05) is 32.8 Å². The second-order valence-electron chi connectivity index (χ2n) is 7.44. The number of piperidine rings is 1. The predicted molar refractivity (Wildman–Crippen MR) is 86.0 cm³/mol. The summed E-state index contributed by atoms with van der Waals surface area (Å²) in [6.07, 6.45) is 7.85. The largest absolute Gasteiger partial charge is 0.381 e. The fourth-order valence-corrected chi connectivity index (χ4v) is 4.55. The maximum Gasteiger partial charge on any atom is 0.221 e. The normalized spacial score (nSPS) is 30.9. The minimum Gasteiger partial charge on any atom is -0.381 e. The molecule has 3 saturated heterocycles. The molecule has 6 heteroatoms. The number of likely N-dealkylation sites (tertiary alicyclic amines) is 1. The average molecular weight is 318 g/mol. The minimum atomic E-state index is -0.0667. The Bertz CT molecular complexity index is 571. The Morgan fingerprint density at radius 2 is 2.26 bits per heavy atom. The summed E-state index contributed by atoms with van der Waals surface area (Å²) in [6.45, 7) is 5.10. The van der Waals surface area contributed by atoms with Crippen LogP contribution in [0.3, 0.4) is 0 Å². The maximum absolute atomic E-state index is 12.1. The zero-order chi connectivity index (χ0) is 15.9. The van der Waals surface area contributed by atoms with Crippen LogP contribution in [0.15, 0.2) is 12.4 Å². The monoisotopic (exact) mass is 318 g/mol. The van der Waals surface area contributed by atoms with Crippen LogP contribution in [-0.4, -0.2) is 59.0 Å². The van der Waals surface area contributed by atoms with Crippen molar-refractivity contribution >= 4 is 5.91 Å². The van der Waals surface area contributed by atoms with Crippen LogP contribution >= 0.6 is 0 Å². The van der Waals surface area contributed by atoms with Crippen LogP contribution in [-0.2, 0) is 16.6 Å². The zero-order valence-electron chi connectivity index (χ0n) is 13.8. The number of nitrogens with zero attached hydrogens (tertiary/aromatic N) is 3. The Kier molecular flexibility index (Phi) is 3.89. The molecule has 23 heavy (non-hydrogen) atoms. The van der Waals surface area contributed by atoms with Crippen LogP contribution in [0.2, 0.25) is 0 Å². The van der Waals surface area contributed by atoms with Crippen LogP contribution in [0.4, 0.5) is 0 Å². The summed E-state index contributed by atoms with van der Waals surface area (Å²) >= 11 is 0. The van der Waals surface area contributed by atoms with E-state index in [-0.39, 0.29) is 17.4 Å². The van der Waals surface area contributed by atoms with Gasteiger partial charge < -0.3 is 15.0 Å². The third-order valence-electron chi connectivity index (χ3n) is 5.86. The molecular weight excluding hydrogens is 292 g/mol. The number of hydrogen-bond donors (Lipinski definition) is 1. The summed E-state index contributed by atoms with van der Waals surface area (Å²) in [4.78, 5) is 14.6. The molecule has 0 saturated carbocycles. The number of ether oxygens (including phenoxy) is 1. The molecule has 1 amide bonds. The number of nitrogens with one attached hydrogen (secondary N) is 1. The molecule has 3 aliphatic heterocycles. The highest BCUT2D eigenvalue weighted by Gasteiger charge is 2.49. The molecule has 0 aliphatic carbocycles. The molecule has 4 heterocycles. The molecule has 2 atom stereocenters. The highest BCUT2D eigenvalue weighted by molar-refractivity contribution is 5.81. The van der Waals surface area contributed by atoms with Crippen LogP contribution in [0.5, 0.6) is 0 Å². The van der Waals surface area contributed by atoms with Gasteiger partial charge in [-0.15, -0.1) is 0 Å². The Morgan fingerprint density at radius 3 is 2.91 bits per heavy atom. The lowest BCUT2D eigenvalue weighted by molar-refractivity contribution is -0.120. The molecule has 3 fully saturated rings. The molecular formula is C17H26N4O2. The van der Waals surface area contributed by atoms with Crippen molar-refractivity contribution < 1.29 is 9.53 Å². The first-order valence-corrected chi connectivity index (χ1v) is 8.74. The van der Waals surface area contributed by atoms with E-state index >= 15 is 0 Å². The molecule has 3 aliphatic rings. The lowest BCUT2D eigenvalue weighted by Crippen LogP contribution is -2.54. The number of aromatic nitrogens is 2. The van der Waals surface area contributed by atoms with E-state index < -0.39 is 0 Å². The highest BCUT2D eigenvalue weighted by atomic mass is 16.5. The van der Waals surface area contributed by atoms with E-state index in [9.17, 15) is 4.79 Å². The zero-order valence-corrected chi connectivity index (χ0v) is 13.8. The molecule has 1 aromatic rings. The molecule has 1 N–H and O–H groups in total.